The predicted molar refractivity (Wildman–Crippen MR) is 150 cm³/mol. The van der Waals surface area contributed by atoms with Gasteiger partial charge in [0.15, 0.2) is 5.69 Å². The number of aromatic hydroxyl groups is 1. The summed E-state index contributed by atoms with van der Waals surface area (Å²) in [7, 11) is -3.86. The molecule has 5 aromatic rings. The SMILES string of the molecule is Cc1ccc2c(c1)c(N=NC(=S)Nc1cccc(S(N)(=O)=O)c1)c(O)n2Cc1ccc2ccccc2c1. The van der Waals surface area contributed by atoms with Crippen molar-refractivity contribution in [3.63, 3.8) is 0 Å². The highest BCUT2D eigenvalue weighted by Crippen LogP contribution is 2.40. The van der Waals surface area contributed by atoms with E-state index in [9.17, 15) is 13.5 Å². The van der Waals surface area contributed by atoms with Crippen molar-refractivity contribution in [2.75, 3.05) is 5.32 Å². The summed E-state index contributed by atoms with van der Waals surface area (Å²) in [6, 6.07) is 26.1. The maximum atomic E-state index is 11.6. The van der Waals surface area contributed by atoms with Crippen LogP contribution in [0.5, 0.6) is 5.88 Å². The van der Waals surface area contributed by atoms with Gasteiger partial charge in [-0.2, -0.15) is 0 Å². The molecule has 186 valence electrons. The largest absolute Gasteiger partial charge is 0.493 e. The number of nitrogens with zero attached hydrogens (tertiary/aromatic N) is 3. The van der Waals surface area contributed by atoms with Crippen LogP contribution in [-0.2, 0) is 16.6 Å². The van der Waals surface area contributed by atoms with Gasteiger partial charge >= 0.3 is 0 Å². The van der Waals surface area contributed by atoms with Gasteiger partial charge in [-0.3, -0.25) is 0 Å². The van der Waals surface area contributed by atoms with E-state index in [2.05, 4.69) is 39.8 Å². The molecule has 4 aromatic carbocycles. The highest BCUT2D eigenvalue weighted by molar-refractivity contribution is 7.89. The maximum Gasteiger partial charge on any atom is 0.238 e. The van der Waals surface area contributed by atoms with Crippen molar-refractivity contribution in [1.29, 1.82) is 0 Å². The molecule has 0 bridgehead atoms. The highest BCUT2D eigenvalue weighted by Gasteiger charge is 2.18. The van der Waals surface area contributed by atoms with Gasteiger partial charge < -0.3 is 15.0 Å². The average molecular weight is 530 g/mol. The fourth-order valence-corrected chi connectivity index (χ4v) is 4.93. The first-order chi connectivity index (χ1) is 17.7. The Morgan fingerprint density at radius 2 is 1.78 bits per heavy atom. The molecule has 10 heteroatoms. The molecule has 0 radical (unpaired) electrons. The third kappa shape index (κ3) is 5.21. The lowest BCUT2D eigenvalue weighted by atomic mass is 10.1. The number of fused-ring (bicyclic) bond motifs is 2. The molecule has 37 heavy (non-hydrogen) atoms. The van der Waals surface area contributed by atoms with Gasteiger partial charge in [0, 0.05) is 11.1 Å². The van der Waals surface area contributed by atoms with Crippen LogP contribution in [0.2, 0.25) is 0 Å². The molecule has 0 atom stereocenters. The number of hydrogen-bond donors (Lipinski definition) is 3. The number of rotatable bonds is 5. The van der Waals surface area contributed by atoms with Crippen LogP contribution in [0.1, 0.15) is 11.1 Å². The van der Waals surface area contributed by atoms with Crippen LogP contribution in [0.25, 0.3) is 21.7 Å². The Hall–Kier alpha value is -4.12. The number of hydrogen-bond acceptors (Lipinski definition) is 5. The zero-order valence-electron chi connectivity index (χ0n) is 19.8. The Balaban J connectivity index is 1.46. The Kier molecular flexibility index (Phi) is 6.46. The second kappa shape index (κ2) is 9.74. The molecule has 4 N–H and O–H groups in total. The molecular weight excluding hydrogens is 506 g/mol. The topological polar surface area (TPSA) is 122 Å². The lowest BCUT2D eigenvalue weighted by Crippen LogP contribution is -2.13. The number of sulfonamides is 1. The smallest absolute Gasteiger partial charge is 0.238 e. The number of nitrogens with two attached hydrogens (primary N) is 1. The third-order valence-corrected chi connectivity index (χ3v) is 7.07. The van der Waals surface area contributed by atoms with E-state index in [1.807, 2.05) is 43.3 Å². The number of nitrogens with one attached hydrogen (secondary N) is 1. The van der Waals surface area contributed by atoms with Crippen molar-refractivity contribution in [3.8, 4) is 5.88 Å². The molecule has 0 unspecified atom stereocenters. The summed E-state index contributed by atoms with van der Waals surface area (Å²) in [6.07, 6.45) is 0. The molecule has 0 saturated heterocycles. The molecule has 0 spiro atoms. The molecule has 1 aromatic heterocycles. The fraction of sp³-hybridized carbons (Fsp3) is 0.0741. The molecular formula is C27H23N5O3S2. The van der Waals surface area contributed by atoms with E-state index in [0.717, 1.165) is 32.8 Å². The van der Waals surface area contributed by atoms with E-state index in [-0.39, 0.29) is 15.9 Å². The van der Waals surface area contributed by atoms with E-state index >= 15 is 0 Å². The van der Waals surface area contributed by atoms with Crippen molar-refractivity contribution >= 4 is 60.4 Å². The number of aryl methyl sites for hydroxylation is 1. The summed E-state index contributed by atoms with van der Waals surface area (Å²) >= 11 is 5.28. The molecule has 0 saturated carbocycles. The first-order valence-corrected chi connectivity index (χ1v) is 13.3. The Morgan fingerprint density at radius 1 is 1.00 bits per heavy atom. The summed E-state index contributed by atoms with van der Waals surface area (Å²) in [4.78, 5) is -0.0536. The first-order valence-electron chi connectivity index (χ1n) is 11.3. The van der Waals surface area contributed by atoms with Gasteiger partial charge in [-0.15, -0.1) is 10.2 Å². The van der Waals surface area contributed by atoms with E-state index in [0.29, 0.717) is 17.9 Å². The highest BCUT2D eigenvalue weighted by atomic mass is 32.2. The fourth-order valence-electron chi connectivity index (χ4n) is 4.21. The van der Waals surface area contributed by atoms with Crippen LogP contribution in [0.3, 0.4) is 0 Å². The van der Waals surface area contributed by atoms with Crippen molar-refractivity contribution in [2.45, 2.75) is 18.4 Å². The van der Waals surface area contributed by atoms with Gasteiger partial charge in [0.25, 0.3) is 0 Å². The zero-order valence-corrected chi connectivity index (χ0v) is 21.4. The molecule has 0 fully saturated rings. The molecule has 0 aliphatic heterocycles. The van der Waals surface area contributed by atoms with Crippen molar-refractivity contribution in [3.05, 3.63) is 96.1 Å². The molecule has 5 rings (SSSR count). The third-order valence-electron chi connectivity index (χ3n) is 5.97. The normalized spacial score (nSPS) is 11.9. The lowest BCUT2D eigenvalue weighted by Gasteiger charge is -2.09. The Morgan fingerprint density at radius 3 is 2.57 bits per heavy atom. The van der Waals surface area contributed by atoms with Crippen LogP contribution in [-0.4, -0.2) is 23.2 Å². The number of thiocarbonyl (C=S) groups is 1. The van der Waals surface area contributed by atoms with Crippen LogP contribution in [0, 0.1) is 6.92 Å². The molecule has 0 aliphatic carbocycles. The van der Waals surface area contributed by atoms with Gasteiger partial charge in [-0.25, -0.2) is 13.6 Å². The van der Waals surface area contributed by atoms with E-state index in [1.165, 1.54) is 18.2 Å². The molecule has 0 aliphatic rings. The van der Waals surface area contributed by atoms with Gasteiger partial charge in [0.1, 0.15) is 0 Å². The number of benzene rings is 4. The average Bonchev–Trinajstić information content (AvgIpc) is 3.12. The number of azo groups is 1. The van der Waals surface area contributed by atoms with Crippen LogP contribution in [0.4, 0.5) is 11.4 Å². The summed E-state index contributed by atoms with van der Waals surface area (Å²) in [5.41, 5.74) is 3.54. The van der Waals surface area contributed by atoms with E-state index in [4.69, 9.17) is 17.4 Å². The molecule has 8 nitrogen and oxygen atoms in total. The van der Waals surface area contributed by atoms with Crippen molar-refractivity contribution < 1.29 is 13.5 Å². The zero-order chi connectivity index (χ0) is 26.2. The van der Waals surface area contributed by atoms with E-state index in [1.54, 1.807) is 10.6 Å². The summed E-state index contributed by atoms with van der Waals surface area (Å²) in [5, 5.41) is 30.5. The number of aromatic nitrogens is 1. The van der Waals surface area contributed by atoms with Crippen LogP contribution in [0.15, 0.2) is 100 Å². The molecule has 0 amide bonds. The van der Waals surface area contributed by atoms with Gasteiger partial charge in [-0.05, 0) is 71.9 Å². The minimum atomic E-state index is -3.86. The van der Waals surface area contributed by atoms with Gasteiger partial charge in [0.05, 0.1) is 17.0 Å². The van der Waals surface area contributed by atoms with Crippen LogP contribution < -0.4 is 10.5 Å². The Labute approximate surface area is 219 Å². The van der Waals surface area contributed by atoms with Crippen molar-refractivity contribution in [2.24, 2.45) is 15.4 Å². The summed E-state index contributed by atoms with van der Waals surface area (Å²) in [5.74, 6) is -0.0310. The first kappa shape index (κ1) is 24.6. The maximum absolute atomic E-state index is 11.6. The number of primary sulfonamides is 1. The van der Waals surface area contributed by atoms with Gasteiger partial charge in [0.2, 0.25) is 21.0 Å². The predicted octanol–water partition coefficient (Wildman–Crippen LogP) is 5.98. The standard InChI is InChI=1S/C27H23N5O3S2/c1-17-9-12-24-23(13-17)25(30-31-27(36)29-21-7-4-8-22(15-21)37(28,34)35)26(33)32(24)16-18-10-11-19-5-2-3-6-20(19)14-18/h2-15,33H,16H2,1H3,(H,29,36)(H2,28,34,35). The summed E-state index contributed by atoms with van der Waals surface area (Å²) in [6.45, 7) is 2.40. The van der Waals surface area contributed by atoms with Gasteiger partial charge in [-0.1, -0.05) is 54.1 Å². The second-order valence-electron chi connectivity index (χ2n) is 8.66. The number of anilines is 1. The second-order valence-corrected chi connectivity index (χ2v) is 10.6. The van der Waals surface area contributed by atoms with Crippen LogP contribution >= 0.6 is 12.2 Å². The molecule has 1 heterocycles. The monoisotopic (exact) mass is 529 g/mol. The lowest BCUT2D eigenvalue weighted by molar-refractivity contribution is 0.429. The van der Waals surface area contributed by atoms with Crippen molar-refractivity contribution in [1.82, 2.24) is 4.57 Å². The summed E-state index contributed by atoms with van der Waals surface area (Å²) < 4.78 is 25.0. The minimum absolute atomic E-state index is 0.00551. The quantitative estimate of drug-likeness (QED) is 0.191. The minimum Gasteiger partial charge on any atom is -0.493 e. The van der Waals surface area contributed by atoms with E-state index < -0.39 is 10.0 Å². The Bertz CT molecular complexity index is 1810.